The van der Waals surface area contributed by atoms with Gasteiger partial charge in [-0.3, -0.25) is 9.59 Å². The maximum atomic E-state index is 12.1. The number of thioether (sulfide) groups is 1. The minimum Gasteiger partial charge on any atom is -0.383 e. The van der Waals surface area contributed by atoms with Crippen molar-refractivity contribution < 1.29 is 14.3 Å². The molecule has 1 atom stereocenters. The van der Waals surface area contributed by atoms with Crippen LogP contribution in [-0.2, 0) is 9.53 Å². The number of nitrogens with one attached hydrogen (secondary N) is 2. The zero-order valence-corrected chi connectivity index (χ0v) is 13.2. The molecule has 0 saturated heterocycles. The first-order valence-electron chi connectivity index (χ1n) is 6.80. The molecule has 116 valence electrons. The lowest BCUT2D eigenvalue weighted by Gasteiger charge is -2.18. The van der Waals surface area contributed by atoms with Crippen LogP contribution in [0.3, 0.4) is 0 Å². The van der Waals surface area contributed by atoms with E-state index >= 15 is 0 Å². The number of ether oxygens (including phenoxy) is 1. The highest BCUT2D eigenvalue weighted by Crippen LogP contribution is 2.04. The third kappa shape index (κ3) is 6.64. The number of rotatable bonds is 9. The van der Waals surface area contributed by atoms with Crippen LogP contribution in [0.15, 0.2) is 30.3 Å². The molecule has 2 N–H and O–H groups in total. The van der Waals surface area contributed by atoms with Crippen molar-refractivity contribution in [1.82, 2.24) is 10.6 Å². The van der Waals surface area contributed by atoms with Crippen molar-refractivity contribution in [3.05, 3.63) is 35.9 Å². The lowest BCUT2D eigenvalue weighted by molar-refractivity contribution is -0.123. The topological polar surface area (TPSA) is 67.4 Å². The van der Waals surface area contributed by atoms with Crippen molar-refractivity contribution in [1.29, 1.82) is 0 Å². The molecule has 0 spiro atoms. The number of carbonyl (C=O) groups excluding carboxylic acids is 2. The standard InChI is InChI=1S/C15H22N2O3S/c1-20-10-9-16-15(19)13(8-11-21-2)17-14(18)12-6-4-3-5-7-12/h3-7,13H,8-11H2,1-2H3,(H,16,19)(H,17,18). The van der Waals surface area contributed by atoms with Gasteiger partial charge in [0.1, 0.15) is 6.04 Å². The molecule has 1 aromatic rings. The lowest BCUT2D eigenvalue weighted by atomic mass is 10.1. The fourth-order valence-electron chi connectivity index (χ4n) is 1.74. The Morgan fingerprint density at radius 2 is 2.00 bits per heavy atom. The zero-order valence-electron chi connectivity index (χ0n) is 12.4. The van der Waals surface area contributed by atoms with Crippen molar-refractivity contribution in [2.24, 2.45) is 0 Å². The quantitative estimate of drug-likeness (QED) is 0.675. The van der Waals surface area contributed by atoms with E-state index in [2.05, 4.69) is 10.6 Å². The number of hydrogen-bond donors (Lipinski definition) is 2. The molecule has 5 nitrogen and oxygen atoms in total. The third-order valence-electron chi connectivity index (χ3n) is 2.87. The smallest absolute Gasteiger partial charge is 0.251 e. The normalized spacial score (nSPS) is 11.7. The predicted octanol–water partition coefficient (Wildman–Crippen LogP) is 1.30. The molecule has 21 heavy (non-hydrogen) atoms. The van der Waals surface area contributed by atoms with Gasteiger partial charge in [0, 0.05) is 19.2 Å². The van der Waals surface area contributed by atoms with Crippen LogP contribution in [0.1, 0.15) is 16.8 Å². The van der Waals surface area contributed by atoms with Gasteiger partial charge >= 0.3 is 0 Å². The van der Waals surface area contributed by atoms with Crippen molar-refractivity contribution in [2.45, 2.75) is 12.5 Å². The first-order chi connectivity index (χ1) is 10.2. The molecule has 1 aromatic carbocycles. The van der Waals surface area contributed by atoms with E-state index in [1.807, 2.05) is 12.3 Å². The monoisotopic (exact) mass is 310 g/mol. The van der Waals surface area contributed by atoms with E-state index in [9.17, 15) is 9.59 Å². The number of carbonyl (C=O) groups is 2. The molecule has 0 radical (unpaired) electrons. The van der Waals surface area contributed by atoms with Crippen LogP contribution in [0, 0.1) is 0 Å². The molecule has 1 rings (SSSR count). The van der Waals surface area contributed by atoms with E-state index in [0.29, 0.717) is 25.1 Å². The molecule has 0 aliphatic carbocycles. The van der Waals surface area contributed by atoms with Crippen molar-refractivity contribution >= 4 is 23.6 Å². The number of amides is 2. The van der Waals surface area contributed by atoms with E-state index in [1.165, 1.54) is 0 Å². The minimum atomic E-state index is -0.526. The molecular weight excluding hydrogens is 288 g/mol. The average molecular weight is 310 g/mol. The Kier molecular flexibility index (Phi) is 8.54. The molecule has 0 fully saturated rings. The number of hydrogen-bond acceptors (Lipinski definition) is 4. The van der Waals surface area contributed by atoms with Gasteiger partial charge in [-0.1, -0.05) is 18.2 Å². The molecule has 0 bridgehead atoms. The molecule has 0 heterocycles. The van der Waals surface area contributed by atoms with Gasteiger partial charge < -0.3 is 15.4 Å². The van der Waals surface area contributed by atoms with Crippen LogP contribution in [-0.4, -0.2) is 50.1 Å². The Hall–Kier alpha value is -1.53. The molecule has 0 aliphatic heterocycles. The molecular formula is C15H22N2O3S. The van der Waals surface area contributed by atoms with E-state index in [1.54, 1.807) is 43.1 Å². The summed E-state index contributed by atoms with van der Waals surface area (Å²) in [6.45, 7) is 0.889. The fourth-order valence-corrected chi connectivity index (χ4v) is 2.21. The van der Waals surface area contributed by atoms with Crippen LogP contribution >= 0.6 is 11.8 Å². The molecule has 0 saturated carbocycles. The summed E-state index contributed by atoms with van der Waals surface area (Å²) in [6.07, 6.45) is 2.57. The van der Waals surface area contributed by atoms with Gasteiger partial charge in [0.05, 0.1) is 6.61 Å². The Morgan fingerprint density at radius 3 is 2.62 bits per heavy atom. The third-order valence-corrected chi connectivity index (χ3v) is 3.52. The lowest BCUT2D eigenvalue weighted by Crippen LogP contribution is -2.47. The summed E-state index contributed by atoms with van der Waals surface area (Å²) in [7, 11) is 1.58. The Labute approximate surface area is 129 Å². The van der Waals surface area contributed by atoms with Gasteiger partial charge in [0.25, 0.3) is 5.91 Å². The van der Waals surface area contributed by atoms with Crippen LogP contribution < -0.4 is 10.6 Å². The summed E-state index contributed by atoms with van der Waals surface area (Å²) in [5.41, 5.74) is 0.552. The van der Waals surface area contributed by atoms with Gasteiger partial charge in [0.15, 0.2) is 0 Å². The first-order valence-corrected chi connectivity index (χ1v) is 8.20. The Bertz CT molecular complexity index is 440. The van der Waals surface area contributed by atoms with E-state index in [4.69, 9.17) is 4.74 Å². The van der Waals surface area contributed by atoms with Gasteiger partial charge in [-0.15, -0.1) is 0 Å². The van der Waals surface area contributed by atoms with Crippen LogP contribution in [0.4, 0.5) is 0 Å². The largest absolute Gasteiger partial charge is 0.383 e. The summed E-state index contributed by atoms with van der Waals surface area (Å²) in [6, 6.07) is 8.36. The maximum Gasteiger partial charge on any atom is 0.251 e. The van der Waals surface area contributed by atoms with Gasteiger partial charge in [-0.2, -0.15) is 11.8 Å². The second-order valence-corrected chi connectivity index (χ2v) is 5.44. The second kappa shape index (κ2) is 10.2. The Balaban J connectivity index is 2.60. The van der Waals surface area contributed by atoms with E-state index in [-0.39, 0.29) is 11.8 Å². The SMILES string of the molecule is COCCNC(=O)C(CCSC)NC(=O)c1ccccc1. The highest BCUT2D eigenvalue weighted by Gasteiger charge is 2.20. The van der Waals surface area contributed by atoms with Crippen molar-refractivity contribution in [3.8, 4) is 0 Å². The summed E-state index contributed by atoms with van der Waals surface area (Å²) in [5.74, 6) is 0.395. The number of methoxy groups -OCH3 is 1. The van der Waals surface area contributed by atoms with Crippen LogP contribution in [0.25, 0.3) is 0 Å². The molecule has 1 unspecified atom stereocenters. The van der Waals surface area contributed by atoms with Gasteiger partial charge in [-0.05, 0) is 30.6 Å². The molecule has 0 aliphatic rings. The van der Waals surface area contributed by atoms with E-state index < -0.39 is 6.04 Å². The first kappa shape index (κ1) is 17.5. The Morgan fingerprint density at radius 1 is 1.29 bits per heavy atom. The van der Waals surface area contributed by atoms with Gasteiger partial charge in [-0.25, -0.2) is 0 Å². The molecule has 0 aromatic heterocycles. The van der Waals surface area contributed by atoms with Crippen LogP contribution in [0.2, 0.25) is 0 Å². The zero-order chi connectivity index (χ0) is 15.5. The highest BCUT2D eigenvalue weighted by atomic mass is 32.2. The van der Waals surface area contributed by atoms with E-state index in [0.717, 1.165) is 5.75 Å². The van der Waals surface area contributed by atoms with Crippen molar-refractivity contribution in [3.63, 3.8) is 0 Å². The summed E-state index contributed by atoms with van der Waals surface area (Å²) >= 11 is 1.64. The predicted molar refractivity (Wildman–Crippen MR) is 85.6 cm³/mol. The highest BCUT2D eigenvalue weighted by molar-refractivity contribution is 7.98. The average Bonchev–Trinajstić information content (AvgIpc) is 2.52. The van der Waals surface area contributed by atoms with Gasteiger partial charge in [0.2, 0.25) is 5.91 Å². The maximum absolute atomic E-state index is 12.1. The van der Waals surface area contributed by atoms with Crippen molar-refractivity contribution in [2.75, 3.05) is 32.3 Å². The molecule has 2 amide bonds. The summed E-state index contributed by atoms with van der Waals surface area (Å²) < 4.78 is 4.90. The number of benzene rings is 1. The minimum absolute atomic E-state index is 0.176. The van der Waals surface area contributed by atoms with Crippen LogP contribution in [0.5, 0.6) is 0 Å². The molecule has 6 heteroatoms. The summed E-state index contributed by atoms with van der Waals surface area (Å²) in [4.78, 5) is 24.2. The summed E-state index contributed by atoms with van der Waals surface area (Å²) in [5, 5.41) is 5.55. The second-order valence-electron chi connectivity index (χ2n) is 4.46. The fraction of sp³-hybridized carbons (Fsp3) is 0.467.